The minimum Gasteiger partial charge on any atom is -0.375 e. The summed E-state index contributed by atoms with van der Waals surface area (Å²) in [6.45, 7) is 2.49. The van der Waals surface area contributed by atoms with Crippen LogP contribution in [0.15, 0.2) is 23.5 Å². The number of nitrogens with one attached hydrogen (secondary N) is 1. The third-order valence-corrected chi connectivity index (χ3v) is 7.14. The number of aromatic nitrogens is 4. The Morgan fingerprint density at radius 1 is 1.37 bits per heavy atom. The van der Waals surface area contributed by atoms with Crippen LogP contribution in [0.1, 0.15) is 12.0 Å². The average molecular weight is 391 g/mol. The van der Waals surface area contributed by atoms with Crippen LogP contribution in [0.25, 0.3) is 22.3 Å². The van der Waals surface area contributed by atoms with Gasteiger partial charge in [-0.1, -0.05) is 0 Å². The van der Waals surface area contributed by atoms with Gasteiger partial charge in [-0.15, -0.1) is 0 Å². The second-order valence-electron chi connectivity index (χ2n) is 7.13. The highest BCUT2D eigenvalue weighted by molar-refractivity contribution is 7.89. The fourth-order valence-electron chi connectivity index (χ4n) is 4.04. The van der Waals surface area contributed by atoms with Gasteiger partial charge >= 0.3 is 0 Å². The van der Waals surface area contributed by atoms with Crippen LogP contribution in [0.5, 0.6) is 0 Å². The second kappa shape index (κ2) is 5.60. The molecule has 2 aliphatic heterocycles. The molecule has 0 unspecified atom stereocenters. The summed E-state index contributed by atoms with van der Waals surface area (Å²) in [7, 11) is -2.03. The summed E-state index contributed by atoms with van der Waals surface area (Å²) in [5.74, 6) is -0.0773. The molecule has 0 spiro atoms. The normalized spacial score (nSPS) is 22.9. The van der Waals surface area contributed by atoms with Gasteiger partial charge in [-0.05, 0) is 31.0 Å². The number of hydrogen-bond donors (Lipinski definition) is 1. The van der Waals surface area contributed by atoms with E-state index in [1.807, 2.05) is 0 Å². The smallest absolute Gasteiger partial charge is 0.258 e. The van der Waals surface area contributed by atoms with Gasteiger partial charge in [-0.2, -0.15) is 9.40 Å². The van der Waals surface area contributed by atoms with Crippen molar-refractivity contribution >= 4 is 20.9 Å². The van der Waals surface area contributed by atoms with Crippen LogP contribution >= 0.6 is 0 Å². The number of H-pyrrole nitrogens is 1. The van der Waals surface area contributed by atoms with Crippen LogP contribution in [0.3, 0.4) is 0 Å². The number of aryl methyl sites for hydroxylation is 2. The monoisotopic (exact) mass is 391 g/mol. The van der Waals surface area contributed by atoms with Crippen molar-refractivity contribution in [2.75, 3.05) is 13.2 Å². The van der Waals surface area contributed by atoms with E-state index in [9.17, 15) is 12.8 Å². The van der Waals surface area contributed by atoms with Gasteiger partial charge in [0.05, 0.1) is 24.3 Å². The van der Waals surface area contributed by atoms with E-state index in [0.29, 0.717) is 41.9 Å². The highest BCUT2D eigenvalue weighted by atomic mass is 32.2. The highest BCUT2D eigenvalue weighted by Crippen LogP contribution is 2.37. The van der Waals surface area contributed by atoms with Crippen LogP contribution in [0, 0.1) is 12.7 Å². The molecule has 0 aliphatic carbocycles. The van der Waals surface area contributed by atoms with Crippen molar-refractivity contribution in [1.82, 2.24) is 24.1 Å². The van der Waals surface area contributed by atoms with Gasteiger partial charge < -0.3 is 9.72 Å². The van der Waals surface area contributed by atoms with E-state index in [-0.39, 0.29) is 22.7 Å². The number of benzene rings is 1. The van der Waals surface area contributed by atoms with E-state index in [4.69, 9.17) is 4.74 Å². The van der Waals surface area contributed by atoms with Crippen molar-refractivity contribution in [2.24, 2.45) is 7.05 Å². The molecule has 0 amide bonds. The van der Waals surface area contributed by atoms with Gasteiger partial charge in [0.1, 0.15) is 17.2 Å². The molecule has 0 saturated carbocycles. The summed E-state index contributed by atoms with van der Waals surface area (Å²) < 4.78 is 49.3. The molecule has 142 valence electrons. The van der Waals surface area contributed by atoms with Crippen molar-refractivity contribution in [3.05, 3.63) is 29.8 Å². The Hall–Kier alpha value is -2.30. The number of halogens is 1. The summed E-state index contributed by atoms with van der Waals surface area (Å²) in [5.41, 5.74) is 1.40. The molecule has 2 fully saturated rings. The Morgan fingerprint density at radius 2 is 2.19 bits per heavy atom. The van der Waals surface area contributed by atoms with Crippen LogP contribution in [-0.2, 0) is 21.8 Å². The molecule has 2 aliphatic rings. The van der Waals surface area contributed by atoms with Crippen LogP contribution in [0.4, 0.5) is 4.39 Å². The molecule has 10 heteroatoms. The van der Waals surface area contributed by atoms with Gasteiger partial charge in [0.25, 0.3) is 10.0 Å². The lowest BCUT2D eigenvalue weighted by molar-refractivity contribution is 0.0608. The van der Waals surface area contributed by atoms with E-state index < -0.39 is 15.8 Å². The lowest BCUT2D eigenvalue weighted by Crippen LogP contribution is -2.41. The molecule has 2 atom stereocenters. The SMILES string of the molecule is Cc1cc(F)c2[nH]c(S(=O)(=O)N3C[C@H]4C[C@@H]3CO4)cc2c1-c1ncn(C)n1. The molecule has 27 heavy (non-hydrogen) atoms. The maximum absolute atomic E-state index is 14.6. The number of ether oxygens (including phenoxy) is 1. The van der Waals surface area contributed by atoms with E-state index in [1.165, 1.54) is 16.4 Å². The van der Waals surface area contributed by atoms with Gasteiger partial charge in [-0.25, -0.2) is 17.8 Å². The summed E-state index contributed by atoms with van der Waals surface area (Å²) in [6, 6.07) is 2.70. The molecular formula is C17H18FN5O3S. The van der Waals surface area contributed by atoms with Crippen LogP contribution in [0.2, 0.25) is 0 Å². The van der Waals surface area contributed by atoms with Crippen LogP contribution in [-0.4, -0.2) is 57.8 Å². The zero-order chi connectivity index (χ0) is 18.9. The molecule has 2 saturated heterocycles. The Kier molecular flexibility index (Phi) is 3.49. The van der Waals surface area contributed by atoms with Gasteiger partial charge in [-0.3, -0.25) is 4.68 Å². The number of morpholine rings is 1. The summed E-state index contributed by atoms with van der Waals surface area (Å²) in [4.78, 5) is 7.02. The van der Waals surface area contributed by atoms with E-state index >= 15 is 0 Å². The fraction of sp³-hybridized carbons (Fsp3) is 0.412. The lowest BCUT2D eigenvalue weighted by atomic mass is 10.0. The topological polar surface area (TPSA) is 93.1 Å². The predicted molar refractivity (Wildman–Crippen MR) is 95.0 cm³/mol. The second-order valence-corrected chi connectivity index (χ2v) is 8.99. The van der Waals surface area contributed by atoms with Gasteiger partial charge in [0.2, 0.25) is 0 Å². The summed E-state index contributed by atoms with van der Waals surface area (Å²) in [5, 5.41) is 4.73. The van der Waals surface area contributed by atoms with E-state index in [0.717, 1.165) is 0 Å². The number of hydrogen-bond acceptors (Lipinski definition) is 5. The maximum Gasteiger partial charge on any atom is 0.258 e. The largest absolute Gasteiger partial charge is 0.375 e. The molecule has 2 aromatic heterocycles. The standard InChI is InChI=1S/C17H18FN5O3S/c1-9-3-13(18)16-12(15(9)17-19-8-22(2)21-17)5-14(20-16)27(24,25)23-6-11-4-10(23)7-26-11/h3,5,8,10-11,20H,4,6-7H2,1-2H3/t10-,11-/m1/s1. The maximum atomic E-state index is 14.6. The van der Waals surface area contributed by atoms with Crippen molar-refractivity contribution in [1.29, 1.82) is 0 Å². The third kappa shape index (κ3) is 2.43. The van der Waals surface area contributed by atoms with Gasteiger partial charge in [0.15, 0.2) is 5.82 Å². The Balaban J connectivity index is 1.68. The molecule has 1 aromatic carbocycles. The number of nitrogens with zero attached hydrogens (tertiary/aromatic N) is 4. The Labute approximate surface area is 155 Å². The fourth-order valence-corrected chi connectivity index (χ4v) is 5.69. The van der Waals surface area contributed by atoms with Crippen molar-refractivity contribution in [3.8, 4) is 11.4 Å². The molecule has 3 aromatic rings. The molecule has 2 bridgehead atoms. The molecular weight excluding hydrogens is 373 g/mol. The van der Waals surface area contributed by atoms with Crippen LogP contribution < -0.4 is 0 Å². The number of rotatable bonds is 3. The number of fused-ring (bicyclic) bond motifs is 3. The third-order valence-electron chi connectivity index (χ3n) is 5.30. The zero-order valence-electron chi connectivity index (χ0n) is 14.8. The van der Waals surface area contributed by atoms with Gasteiger partial charge in [0, 0.05) is 24.5 Å². The minimum atomic E-state index is -3.77. The first-order chi connectivity index (χ1) is 12.8. The molecule has 5 rings (SSSR count). The Bertz CT molecular complexity index is 1170. The highest BCUT2D eigenvalue weighted by Gasteiger charge is 2.46. The minimum absolute atomic E-state index is 0.0215. The quantitative estimate of drug-likeness (QED) is 0.732. The molecule has 0 radical (unpaired) electrons. The summed E-state index contributed by atoms with van der Waals surface area (Å²) in [6.07, 6.45) is 2.20. The van der Waals surface area contributed by atoms with E-state index in [2.05, 4.69) is 15.1 Å². The number of aromatic amines is 1. The molecule has 4 heterocycles. The number of sulfonamides is 1. The summed E-state index contributed by atoms with van der Waals surface area (Å²) >= 11 is 0. The lowest BCUT2D eigenvalue weighted by Gasteiger charge is -2.25. The van der Waals surface area contributed by atoms with Crippen molar-refractivity contribution in [2.45, 2.75) is 30.5 Å². The molecule has 1 N–H and O–H groups in total. The predicted octanol–water partition coefficient (Wildman–Crippen LogP) is 1.57. The average Bonchev–Trinajstić information content (AvgIpc) is 3.38. The first kappa shape index (κ1) is 16.8. The Morgan fingerprint density at radius 3 is 2.81 bits per heavy atom. The first-order valence-electron chi connectivity index (χ1n) is 8.66. The van der Waals surface area contributed by atoms with Crippen molar-refractivity contribution in [3.63, 3.8) is 0 Å². The van der Waals surface area contributed by atoms with E-state index in [1.54, 1.807) is 25.0 Å². The van der Waals surface area contributed by atoms with Crippen molar-refractivity contribution < 1.29 is 17.5 Å². The molecule has 8 nitrogen and oxygen atoms in total. The zero-order valence-corrected chi connectivity index (χ0v) is 15.6. The first-order valence-corrected chi connectivity index (χ1v) is 10.1.